The van der Waals surface area contributed by atoms with Crippen molar-refractivity contribution in [3.8, 4) is 11.5 Å². The number of nitrogens with one attached hydrogen (secondary N) is 1. The van der Waals surface area contributed by atoms with Gasteiger partial charge >= 0.3 is 0 Å². The number of amides is 1. The van der Waals surface area contributed by atoms with Crippen LogP contribution in [0, 0.1) is 0 Å². The SMILES string of the molecule is O=C(Cn1cnc2sc3c(c2c1=O)CCCCC3)Nc1ccc2c(c1)OCCO2. The summed E-state index contributed by atoms with van der Waals surface area (Å²) in [5, 5.41) is 3.52. The van der Waals surface area contributed by atoms with Crippen LogP contribution in [0.1, 0.15) is 29.7 Å². The van der Waals surface area contributed by atoms with Crippen molar-refractivity contribution in [2.24, 2.45) is 0 Å². The molecular weight excluding hydrogens is 390 g/mol. The minimum atomic E-state index is -0.286. The van der Waals surface area contributed by atoms with Gasteiger partial charge in [0.1, 0.15) is 24.6 Å². The highest BCUT2D eigenvalue weighted by Gasteiger charge is 2.20. The van der Waals surface area contributed by atoms with Crippen LogP contribution in [0.3, 0.4) is 0 Å². The lowest BCUT2D eigenvalue weighted by atomic mass is 10.1. The molecular formula is C21H21N3O4S. The number of aromatic nitrogens is 2. The fourth-order valence-electron chi connectivity index (χ4n) is 3.95. The van der Waals surface area contributed by atoms with E-state index in [2.05, 4.69) is 10.3 Å². The third-order valence-corrected chi connectivity index (χ3v) is 6.53. The maximum Gasteiger partial charge on any atom is 0.262 e. The molecule has 0 atom stereocenters. The highest BCUT2D eigenvalue weighted by Crippen LogP contribution is 2.33. The number of thiophene rings is 1. The highest BCUT2D eigenvalue weighted by atomic mass is 32.1. The average molecular weight is 411 g/mol. The van der Waals surface area contributed by atoms with Gasteiger partial charge in [-0.15, -0.1) is 11.3 Å². The standard InChI is InChI=1S/C21H21N3O4S/c25-18(23-13-6-7-15-16(10-13)28-9-8-27-15)11-24-12-22-20-19(21(24)26)14-4-2-1-3-5-17(14)29-20/h6-7,10,12H,1-5,8-9,11H2,(H,23,25). The normalized spacial score (nSPS) is 15.6. The lowest BCUT2D eigenvalue weighted by Crippen LogP contribution is -2.28. The molecule has 0 unspecified atom stereocenters. The minimum absolute atomic E-state index is 0.0825. The first-order chi connectivity index (χ1) is 14.2. The lowest BCUT2D eigenvalue weighted by molar-refractivity contribution is -0.116. The Labute approximate surface area is 171 Å². The van der Waals surface area contributed by atoms with E-state index in [-0.39, 0.29) is 18.0 Å². The van der Waals surface area contributed by atoms with Crippen molar-refractivity contribution in [3.63, 3.8) is 0 Å². The van der Waals surface area contributed by atoms with E-state index in [1.807, 2.05) is 0 Å². The summed E-state index contributed by atoms with van der Waals surface area (Å²) < 4.78 is 12.4. The molecule has 0 saturated heterocycles. The number of fused-ring (bicyclic) bond motifs is 4. The van der Waals surface area contributed by atoms with Crippen LogP contribution in [0.2, 0.25) is 0 Å². The van der Waals surface area contributed by atoms with Gasteiger partial charge in [-0.3, -0.25) is 14.2 Å². The van der Waals surface area contributed by atoms with Crippen LogP contribution >= 0.6 is 11.3 Å². The first kappa shape index (κ1) is 18.2. The fraction of sp³-hybridized carbons (Fsp3) is 0.381. The molecule has 1 N–H and O–H groups in total. The Hall–Kier alpha value is -2.87. The topological polar surface area (TPSA) is 82.5 Å². The summed E-state index contributed by atoms with van der Waals surface area (Å²) in [4.78, 5) is 32.1. The van der Waals surface area contributed by atoms with Crippen LogP contribution in [-0.2, 0) is 24.2 Å². The number of ether oxygens (including phenoxy) is 2. The van der Waals surface area contributed by atoms with Crippen LogP contribution in [-0.4, -0.2) is 28.7 Å². The fourth-order valence-corrected chi connectivity index (χ4v) is 5.17. The Kier molecular flexibility index (Phi) is 4.71. The van der Waals surface area contributed by atoms with Crippen molar-refractivity contribution in [2.75, 3.05) is 18.5 Å². The van der Waals surface area contributed by atoms with Gasteiger partial charge < -0.3 is 14.8 Å². The summed E-state index contributed by atoms with van der Waals surface area (Å²) in [5.41, 5.74) is 1.61. The molecule has 3 heterocycles. The van der Waals surface area contributed by atoms with E-state index in [9.17, 15) is 9.59 Å². The zero-order valence-corrected chi connectivity index (χ0v) is 16.7. The average Bonchev–Trinajstić information content (AvgIpc) is 2.92. The van der Waals surface area contributed by atoms with Gasteiger partial charge in [-0.1, -0.05) is 6.42 Å². The number of carbonyl (C=O) groups excluding carboxylic acids is 1. The van der Waals surface area contributed by atoms with Gasteiger partial charge in [-0.2, -0.15) is 0 Å². The van der Waals surface area contributed by atoms with Crippen molar-refractivity contribution in [3.05, 3.63) is 45.3 Å². The third kappa shape index (κ3) is 3.48. The van der Waals surface area contributed by atoms with Crippen molar-refractivity contribution in [1.29, 1.82) is 0 Å². The van der Waals surface area contributed by atoms with E-state index >= 15 is 0 Å². The number of hydrogen-bond acceptors (Lipinski definition) is 6. The van der Waals surface area contributed by atoms with E-state index in [4.69, 9.17) is 9.47 Å². The zero-order chi connectivity index (χ0) is 19.8. The summed E-state index contributed by atoms with van der Waals surface area (Å²) in [6.45, 7) is 0.917. The molecule has 7 nitrogen and oxygen atoms in total. The Morgan fingerprint density at radius 1 is 1.14 bits per heavy atom. The van der Waals surface area contributed by atoms with Crippen molar-refractivity contribution in [1.82, 2.24) is 9.55 Å². The molecule has 0 radical (unpaired) electrons. The quantitative estimate of drug-likeness (QED) is 0.670. The maximum absolute atomic E-state index is 13.1. The number of aryl methyl sites for hydroxylation is 2. The molecule has 29 heavy (non-hydrogen) atoms. The number of carbonyl (C=O) groups is 1. The first-order valence-corrected chi connectivity index (χ1v) is 10.7. The summed E-state index contributed by atoms with van der Waals surface area (Å²) in [7, 11) is 0. The predicted molar refractivity (Wildman–Crippen MR) is 111 cm³/mol. The third-order valence-electron chi connectivity index (χ3n) is 5.33. The van der Waals surface area contributed by atoms with Gasteiger partial charge in [0, 0.05) is 16.6 Å². The largest absolute Gasteiger partial charge is 0.486 e. The van der Waals surface area contributed by atoms with Crippen LogP contribution in [0.4, 0.5) is 5.69 Å². The molecule has 1 aliphatic carbocycles. The maximum atomic E-state index is 13.1. The van der Waals surface area contributed by atoms with Gasteiger partial charge in [-0.05, 0) is 43.4 Å². The van der Waals surface area contributed by atoms with Crippen molar-refractivity contribution < 1.29 is 14.3 Å². The van der Waals surface area contributed by atoms with Crippen LogP contribution < -0.4 is 20.3 Å². The lowest BCUT2D eigenvalue weighted by Gasteiger charge is -2.19. The van der Waals surface area contributed by atoms with Crippen LogP contribution in [0.15, 0.2) is 29.3 Å². The van der Waals surface area contributed by atoms with Gasteiger partial charge in [-0.25, -0.2) is 4.98 Å². The van der Waals surface area contributed by atoms with Gasteiger partial charge in [0.15, 0.2) is 11.5 Å². The first-order valence-electron chi connectivity index (χ1n) is 9.88. The number of hydrogen-bond donors (Lipinski definition) is 1. The van der Waals surface area contributed by atoms with Crippen LogP contribution in [0.25, 0.3) is 10.2 Å². The van der Waals surface area contributed by atoms with Gasteiger partial charge in [0.25, 0.3) is 5.56 Å². The highest BCUT2D eigenvalue weighted by molar-refractivity contribution is 7.18. The van der Waals surface area contributed by atoms with Gasteiger partial charge in [0.2, 0.25) is 5.91 Å². The van der Waals surface area contributed by atoms with E-state index in [1.54, 1.807) is 29.5 Å². The van der Waals surface area contributed by atoms with E-state index < -0.39 is 0 Å². The summed E-state index contributed by atoms with van der Waals surface area (Å²) in [6.07, 6.45) is 6.85. The Bertz CT molecular complexity index is 1150. The van der Waals surface area contributed by atoms with Crippen LogP contribution in [0.5, 0.6) is 11.5 Å². The molecule has 150 valence electrons. The number of rotatable bonds is 3. The predicted octanol–water partition coefficient (Wildman–Crippen LogP) is 3.14. The van der Waals surface area contributed by atoms with E-state index in [0.717, 1.165) is 36.1 Å². The molecule has 3 aromatic rings. The molecule has 0 spiro atoms. The zero-order valence-electron chi connectivity index (χ0n) is 15.9. The molecule has 0 bridgehead atoms. The number of nitrogens with zero attached hydrogens (tertiary/aromatic N) is 2. The Morgan fingerprint density at radius 3 is 2.86 bits per heavy atom. The second-order valence-electron chi connectivity index (χ2n) is 7.33. The Morgan fingerprint density at radius 2 is 1.97 bits per heavy atom. The van der Waals surface area contributed by atoms with Crippen molar-refractivity contribution in [2.45, 2.75) is 38.6 Å². The van der Waals surface area contributed by atoms with E-state index in [1.165, 1.54) is 22.2 Å². The molecule has 0 saturated carbocycles. The molecule has 1 aliphatic heterocycles. The summed E-state index contributed by atoms with van der Waals surface area (Å²) in [6, 6.07) is 5.26. The minimum Gasteiger partial charge on any atom is -0.486 e. The van der Waals surface area contributed by atoms with Crippen molar-refractivity contribution >= 4 is 33.1 Å². The molecule has 5 rings (SSSR count). The number of anilines is 1. The second-order valence-corrected chi connectivity index (χ2v) is 8.41. The molecule has 2 aliphatic rings. The molecule has 8 heteroatoms. The summed E-state index contributed by atoms with van der Waals surface area (Å²) >= 11 is 1.62. The Balaban J connectivity index is 1.38. The smallest absolute Gasteiger partial charge is 0.262 e. The molecule has 2 aromatic heterocycles. The second kappa shape index (κ2) is 7.51. The summed E-state index contributed by atoms with van der Waals surface area (Å²) in [5.74, 6) is 0.986. The van der Waals surface area contributed by atoms with E-state index in [0.29, 0.717) is 35.8 Å². The monoisotopic (exact) mass is 411 g/mol. The number of benzene rings is 1. The molecule has 0 fully saturated rings. The molecule has 1 aromatic carbocycles. The van der Waals surface area contributed by atoms with Gasteiger partial charge in [0.05, 0.1) is 11.7 Å². The molecule has 1 amide bonds.